The van der Waals surface area contributed by atoms with E-state index in [0.717, 1.165) is 0 Å². The fraction of sp³-hybridized carbons (Fsp3) is 0.125. The summed E-state index contributed by atoms with van der Waals surface area (Å²) in [5, 5.41) is 2.32. The van der Waals surface area contributed by atoms with E-state index in [2.05, 4.69) is 15.0 Å². The number of hydrogen-bond acceptors (Lipinski definition) is 5. The molecule has 0 atom stereocenters. The highest BCUT2D eigenvalue weighted by Gasteiger charge is 2.07. The molecular weight excluding hydrogens is 200 g/mol. The van der Waals surface area contributed by atoms with Gasteiger partial charge in [-0.25, -0.2) is 20.4 Å². The molecule has 0 fully saturated rings. The van der Waals surface area contributed by atoms with E-state index >= 15 is 0 Å². The zero-order chi connectivity index (χ0) is 11.3. The fourth-order valence-electron chi connectivity index (χ4n) is 0.896. The highest BCUT2D eigenvalue weighted by atomic mass is 16.5. The maximum atomic E-state index is 11.1. The summed E-state index contributed by atoms with van der Waals surface area (Å²) >= 11 is 0. The van der Waals surface area contributed by atoms with Crippen LogP contribution in [0, 0.1) is 0 Å². The minimum Gasteiger partial charge on any atom is -0.465 e. The van der Waals surface area contributed by atoms with Crippen LogP contribution in [0.5, 0.6) is 0 Å². The number of anilines is 1. The van der Waals surface area contributed by atoms with Gasteiger partial charge in [0, 0.05) is 6.20 Å². The van der Waals surface area contributed by atoms with E-state index in [9.17, 15) is 9.59 Å². The second-order valence-corrected chi connectivity index (χ2v) is 2.52. The van der Waals surface area contributed by atoms with E-state index in [1.807, 2.05) is 5.43 Å². The first-order valence-electron chi connectivity index (χ1n) is 3.99. The second kappa shape index (κ2) is 4.91. The molecule has 1 rings (SSSR count). The predicted molar refractivity (Wildman–Crippen MR) is 51.9 cm³/mol. The van der Waals surface area contributed by atoms with Gasteiger partial charge in [-0.15, -0.1) is 0 Å². The molecule has 80 valence electrons. The monoisotopic (exact) mass is 210 g/mol. The van der Waals surface area contributed by atoms with Gasteiger partial charge in [-0.2, -0.15) is 0 Å². The largest absolute Gasteiger partial charge is 0.465 e. The van der Waals surface area contributed by atoms with Gasteiger partial charge < -0.3 is 4.74 Å². The molecule has 15 heavy (non-hydrogen) atoms. The predicted octanol–water partition coefficient (Wildman–Crippen LogP) is -0.137. The molecule has 7 heteroatoms. The average molecular weight is 210 g/mol. The van der Waals surface area contributed by atoms with Crippen molar-refractivity contribution in [3.63, 3.8) is 0 Å². The molecule has 0 bridgehead atoms. The van der Waals surface area contributed by atoms with Crippen molar-refractivity contribution in [3.8, 4) is 0 Å². The summed E-state index contributed by atoms with van der Waals surface area (Å²) in [6, 6.07) is 2.22. The van der Waals surface area contributed by atoms with Crippen LogP contribution in [0.3, 0.4) is 0 Å². The number of ether oxygens (including phenoxy) is 1. The van der Waals surface area contributed by atoms with E-state index in [1.54, 1.807) is 0 Å². The fourth-order valence-corrected chi connectivity index (χ4v) is 0.896. The van der Waals surface area contributed by atoms with Crippen molar-refractivity contribution in [1.82, 2.24) is 10.4 Å². The van der Waals surface area contributed by atoms with Gasteiger partial charge in [0.05, 0.1) is 12.7 Å². The number of methoxy groups -OCH3 is 1. The number of rotatable bonds is 2. The molecule has 0 aromatic carbocycles. The summed E-state index contributed by atoms with van der Waals surface area (Å²) in [7, 11) is 1.27. The first kappa shape index (κ1) is 10.9. The molecular formula is C8H10N4O3. The lowest BCUT2D eigenvalue weighted by atomic mass is 10.2. The summed E-state index contributed by atoms with van der Waals surface area (Å²) < 4.78 is 4.50. The maximum Gasteiger partial charge on any atom is 0.338 e. The third-order valence-electron chi connectivity index (χ3n) is 1.55. The minimum absolute atomic E-state index is 0.209. The number of pyridine rings is 1. The van der Waals surface area contributed by atoms with E-state index in [-0.39, 0.29) is 5.82 Å². The van der Waals surface area contributed by atoms with Crippen molar-refractivity contribution in [2.24, 2.45) is 5.84 Å². The average Bonchev–Trinajstić information content (AvgIpc) is 2.28. The van der Waals surface area contributed by atoms with E-state index in [0.29, 0.717) is 5.56 Å². The SMILES string of the molecule is COC(=O)c1ccnc(NC(=O)NN)c1. The molecule has 0 aliphatic rings. The Morgan fingerprint density at radius 1 is 1.53 bits per heavy atom. The number of carbonyl (C=O) groups excluding carboxylic acids is 2. The second-order valence-electron chi connectivity index (χ2n) is 2.52. The summed E-state index contributed by atoms with van der Waals surface area (Å²) in [5.41, 5.74) is 2.16. The van der Waals surface area contributed by atoms with Crippen molar-refractivity contribution in [2.45, 2.75) is 0 Å². The van der Waals surface area contributed by atoms with Gasteiger partial charge in [-0.3, -0.25) is 10.7 Å². The van der Waals surface area contributed by atoms with Gasteiger partial charge in [0.25, 0.3) is 0 Å². The topological polar surface area (TPSA) is 106 Å². The van der Waals surface area contributed by atoms with Crippen molar-refractivity contribution >= 4 is 17.8 Å². The molecule has 1 aromatic rings. The molecule has 0 aliphatic carbocycles. The van der Waals surface area contributed by atoms with Crippen molar-refractivity contribution < 1.29 is 14.3 Å². The number of hydrazine groups is 1. The van der Waals surface area contributed by atoms with Crippen molar-refractivity contribution in [3.05, 3.63) is 23.9 Å². The molecule has 0 aliphatic heterocycles. The summed E-state index contributed by atoms with van der Waals surface area (Å²) in [4.78, 5) is 25.8. The number of nitrogens with zero attached hydrogens (tertiary/aromatic N) is 1. The first-order valence-corrected chi connectivity index (χ1v) is 3.99. The summed E-state index contributed by atoms with van der Waals surface area (Å²) in [5.74, 6) is 4.57. The molecule has 0 unspecified atom stereocenters. The van der Waals surface area contributed by atoms with Gasteiger partial charge in [-0.05, 0) is 12.1 Å². The molecule has 0 spiro atoms. The lowest BCUT2D eigenvalue weighted by Gasteiger charge is -2.04. The van der Waals surface area contributed by atoms with Crippen LogP contribution in [0.4, 0.5) is 10.6 Å². The number of nitrogens with one attached hydrogen (secondary N) is 2. The number of nitrogens with two attached hydrogens (primary N) is 1. The molecule has 7 nitrogen and oxygen atoms in total. The number of carbonyl (C=O) groups is 2. The zero-order valence-corrected chi connectivity index (χ0v) is 7.98. The van der Waals surface area contributed by atoms with Crippen LogP contribution in [0.15, 0.2) is 18.3 Å². The lowest BCUT2D eigenvalue weighted by Crippen LogP contribution is -2.34. The van der Waals surface area contributed by atoms with E-state index in [4.69, 9.17) is 5.84 Å². The Hall–Kier alpha value is -2.15. The van der Waals surface area contributed by atoms with Crippen molar-refractivity contribution in [2.75, 3.05) is 12.4 Å². The number of esters is 1. The molecule has 1 heterocycles. The van der Waals surface area contributed by atoms with Gasteiger partial charge in [0.15, 0.2) is 0 Å². The van der Waals surface area contributed by atoms with Crippen LogP contribution >= 0.6 is 0 Å². The van der Waals surface area contributed by atoms with Gasteiger partial charge in [-0.1, -0.05) is 0 Å². The zero-order valence-electron chi connectivity index (χ0n) is 7.98. The Bertz CT molecular complexity index is 380. The first-order chi connectivity index (χ1) is 7.17. The van der Waals surface area contributed by atoms with Crippen LogP contribution in [0.25, 0.3) is 0 Å². The van der Waals surface area contributed by atoms with Gasteiger partial charge in [0.1, 0.15) is 5.82 Å². The minimum atomic E-state index is -0.621. The highest BCUT2D eigenvalue weighted by Crippen LogP contribution is 2.07. The lowest BCUT2D eigenvalue weighted by molar-refractivity contribution is 0.0600. The number of amides is 2. The Kier molecular flexibility index (Phi) is 3.58. The third kappa shape index (κ3) is 2.92. The van der Waals surface area contributed by atoms with Crippen LogP contribution < -0.4 is 16.6 Å². The van der Waals surface area contributed by atoms with Crippen LogP contribution in [0.2, 0.25) is 0 Å². The summed E-state index contributed by atoms with van der Waals surface area (Å²) in [6.45, 7) is 0. The summed E-state index contributed by atoms with van der Waals surface area (Å²) in [6.07, 6.45) is 1.37. The Balaban J connectivity index is 2.83. The number of hydrogen-bond donors (Lipinski definition) is 3. The van der Waals surface area contributed by atoms with Crippen LogP contribution in [-0.4, -0.2) is 24.1 Å². The highest BCUT2D eigenvalue weighted by molar-refractivity contribution is 5.92. The van der Waals surface area contributed by atoms with E-state index in [1.165, 1.54) is 25.4 Å². The number of aromatic nitrogens is 1. The van der Waals surface area contributed by atoms with Crippen LogP contribution in [0.1, 0.15) is 10.4 Å². The molecule has 1 aromatic heterocycles. The smallest absolute Gasteiger partial charge is 0.338 e. The maximum absolute atomic E-state index is 11.1. The quantitative estimate of drug-likeness (QED) is 0.272. The standard InChI is InChI=1S/C8H10N4O3/c1-15-7(13)5-2-3-10-6(4-5)11-8(14)12-9/h2-4H,9H2,1H3,(H2,10,11,12,14). The molecule has 0 saturated carbocycles. The Labute approximate surface area is 85.6 Å². The number of urea groups is 1. The Morgan fingerprint density at radius 2 is 2.27 bits per heavy atom. The third-order valence-corrected chi connectivity index (χ3v) is 1.55. The van der Waals surface area contributed by atoms with E-state index < -0.39 is 12.0 Å². The van der Waals surface area contributed by atoms with Gasteiger partial charge in [0.2, 0.25) is 0 Å². The molecule has 0 saturated heterocycles. The van der Waals surface area contributed by atoms with Crippen molar-refractivity contribution in [1.29, 1.82) is 0 Å². The normalized spacial score (nSPS) is 9.20. The molecule has 0 radical (unpaired) electrons. The molecule has 4 N–H and O–H groups in total. The molecule has 2 amide bonds. The van der Waals surface area contributed by atoms with Crippen LogP contribution in [-0.2, 0) is 4.74 Å². The van der Waals surface area contributed by atoms with Gasteiger partial charge >= 0.3 is 12.0 Å². The Morgan fingerprint density at radius 3 is 2.87 bits per heavy atom.